The number of halogens is 3. The molecule has 116 valence electrons. The molecule has 0 aromatic heterocycles. The molecule has 20 heavy (non-hydrogen) atoms. The Kier molecular flexibility index (Phi) is 6.27. The van der Waals surface area contributed by atoms with Crippen molar-refractivity contribution in [2.45, 2.75) is 57.2 Å². The van der Waals surface area contributed by atoms with Crippen LogP contribution in [0.3, 0.4) is 0 Å². The first-order chi connectivity index (χ1) is 9.32. The molecule has 0 aliphatic heterocycles. The summed E-state index contributed by atoms with van der Waals surface area (Å²) in [7, 11) is 0. The lowest BCUT2D eigenvalue weighted by Gasteiger charge is -2.39. The molecule has 0 aromatic carbocycles. The predicted octanol–water partition coefficient (Wildman–Crippen LogP) is 3.71. The number of nitrogens with two attached hydrogens (primary N) is 1. The number of hydrogen-bond acceptors (Lipinski definition) is 2. The molecule has 1 saturated carbocycles. The van der Waals surface area contributed by atoms with Gasteiger partial charge in [0, 0.05) is 12.5 Å². The first kappa shape index (κ1) is 17.2. The average molecular weight is 291 g/mol. The highest BCUT2D eigenvalue weighted by atomic mass is 19.4. The summed E-state index contributed by atoms with van der Waals surface area (Å²) in [4.78, 5) is 0. The van der Waals surface area contributed by atoms with Crippen molar-refractivity contribution in [1.29, 1.82) is 0 Å². The van der Waals surface area contributed by atoms with Crippen molar-refractivity contribution in [3.63, 3.8) is 0 Å². The van der Waals surface area contributed by atoms with Gasteiger partial charge in [-0.3, -0.25) is 0 Å². The molecule has 0 saturated heterocycles. The van der Waals surface area contributed by atoms with Crippen LogP contribution in [0, 0.1) is 5.92 Å². The zero-order chi connectivity index (χ0) is 15.2. The van der Waals surface area contributed by atoms with E-state index in [1.807, 2.05) is 0 Å². The number of rotatable bonds is 5. The molecule has 0 bridgehead atoms. The van der Waals surface area contributed by atoms with Gasteiger partial charge in [0.2, 0.25) is 0 Å². The fourth-order valence-corrected chi connectivity index (χ4v) is 2.92. The van der Waals surface area contributed by atoms with E-state index in [0.717, 1.165) is 25.3 Å². The minimum atomic E-state index is -4.20. The maximum absolute atomic E-state index is 12.2. The van der Waals surface area contributed by atoms with Crippen LogP contribution in [-0.4, -0.2) is 23.4 Å². The molecule has 1 fully saturated rings. The summed E-state index contributed by atoms with van der Waals surface area (Å²) in [5.41, 5.74) is 5.58. The van der Waals surface area contributed by atoms with Gasteiger partial charge < -0.3 is 10.8 Å². The van der Waals surface area contributed by atoms with Crippen molar-refractivity contribution in [2.75, 3.05) is 6.54 Å². The van der Waals surface area contributed by atoms with E-state index in [0.29, 0.717) is 18.4 Å². The second-order valence-electron chi connectivity index (χ2n) is 5.46. The Balaban J connectivity index is 2.80. The maximum atomic E-state index is 12.2. The van der Waals surface area contributed by atoms with Crippen LogP contribution in [0.15, 0.2) is 23.8 Å². The summed E-state index contributed by atoms with van der Waals surface area (Å²) >= 11 is 0. The standard InChI is InChI=1S/C15H24F3NO/c1-2-12(7-6-10-15(16,17)18)13(11-19)14(20)8-4-3-5-9-14/h2,6-7,13,20H,3-5,8-11,19H2,1H3/b7-6-,12-2+. The normalized spacial score (nSPS) is 22.2. The van der Waals surface area contributed by atoms with Crippen LogP contribution in [0.2, 0.25) is 0 Å². The first-order valence-corrected chi connectivity index (χ1v) is 7.14. The van der Waals surface area contributed by atoms with Crippen LogP contribution < -0.4 is 5.73 Å². The summed E-state index contributed by atoms with van der Waals surface area (Å²) < 4.78 is 36.5. The zero-order valence-electron chi connectivity index (χ0n) is 11.9. The highest BCUT2D eigenvalue weighted by Gasteiger charge is 2.38. The monoisotopic (exact) mass is 291 g/mol. The third kappa shape index (κ3) is 4.94. The second-order valence-corrected chi connectivity index (χ2v) is 5.46. The minimum absolute atomic E-state index is 0.243. The number of allylic oxidation sites excluding steroid dienone is 3. The van der Waals surface area contributed by atoms with Gasteiger partial charge in [0.1, 0.15) is 0 Å². The quantitative estimate of drug-likeness (QED) is 0.758. The van der Waals surface area contributed by atoms with E-state index in [1.165, 1.54) is 6.08 Å². The van der Waals surface area contributed by atoms with Crippen molar-refractivity contribution >= 4 is 0 Å². The van der Waals surface area contributed by atoms with Gasteiger partial charge in [0.15, 0.2) is 0 Å². The summed E-state index contributed by atoms with van der Waals surface area (Å²) in [6.07, 6.45) is 3.45. The first-order valence-electron chi connectivity index (χ1n) is 7.14. The van der Waals surface area contributed by atoms with Crippen molar-refractivity contribution in [3.8, 4) is 0 Å². The Labute approximate surface area is 118 Å². The van der Waals surface area contributed by atoms with Gasteiger partial charge in [-0.25, -0.2) is 0 Å². The molecule has 1 rings (SSSR count). The Hall–Kier alpha value is -0.810. The third-order valence-corrected chi connectivity index (χ3v) is 4.00. The molecule has 3 N–H and O–H groups in total. The number of alkyl halides is 3. The smallest absolute Gasteiger partial charge is 0.389 e. The molecule has 0 heterocycles. The van der Waals surface area contributed by atoms with Crippen LogP contribution in [-0.2, 0) is 0 Å². The zero-order valence-corrected chi connectivity index (χ0v) is 11.9. The Bertz CT molecular complexity index is 355. The van der Waals surface area contributed by atoms with Crippen molar-refractivity contribution in [1.82, 2.24) is 0 Å². The van der Waals surface area contributed by atoms with E-state index in [-0.39, 0.29) is 12.5 Å². The molecule has 1 aliphatic rings. The van der Waals surface area contributed by atoms with Crippen molar-refractivity contribution in [2.24, 2.45) is 11.7 Å². The van der Waals surface area contributed by atoms with Gasteiger partial charge in [0.05, 0.1) is 12.0 Å². The molecular weight excluding hydrogens is 267 g/mol. The third-order valence-electron chi connectivity index (χ3n) is 4.00. The molecule has 0 spiro atoms. The summed E-state index contributed by atoms with van der Waals surface area (Å²) in [6, 6.07) is 0. The SMILES string of the molecule is C/C=C(\C=C/CC(F)(F)F)C(CN)C1(O)CCCCC1. The Morgan fingerprint density at radius 1 is 1.30 bits per heavy atom. The summed E-state index contributed by atoms with van der Waals surface area (Å²) in [5.74, 6) is -0.294. The van der Waals surface area contributed by atoms with E-state index in [2.05, 4.69) is 0 Å². The van der Waals surface area contributed by atoms with Gasteiger partial charge >= 0.3 is 6.18 Å². The fourth-order valence-electron chi connectivity index (χ4n) is 2.92. The Morgan fingerprint density at radius 2 is 1.90 bits per heavy atom. The highest BCUT2D eigenvalue weighted by molar-refractivity contribution is 5.25. The highest BCUT2D eigenvalue weighted by Crippen LogP contribution is 2.38. The van der Waals surface area contributed by atoms with E-state index >= 15 is 0 Å². The maximum Gasteiger partial charge on any atom is 0.392 e. The lowest BCUT2D eigenvalue weighted by molar-refractivity contribution is -0.125. The van der Waals surface area contributed by atoms with Crippen LogP contribution in [0.5, 0.6) is 0 Å². The van der Waals surface area contributed by atoms with E-state index in [4.69, 9.17) is 5.73 Å². The molecule has 1 atom stereocenters. The van der Waals surface area contributed by atoms with Gasteiger partial charge in [-0.15, -0.1) is 0 Å². The van der Waals surface area contributed by atoms with E-state index in [9.17, 15) is 18.3 Å². The van der Waals surface area contributed by atoms with Crippen LogP contribution >= 0.6 is 0 Å². The molecule has 0 amide bonds. The molecule has 5 heteroatoms. The molecule has 1 aliphatic carbocycles. The van der Waals surface area contributed by atoms with Gasteiger partial charge in [0.25, 0.3) is 0 Å². The minimum Gasteiger partial charge on any atom is -0.389 e. The lowest BCUT2D eigenvalue weighted by atomic mass is 9.72. The molecule has 2 nitrogen and oxygen atoms in total. The molecule has 1 unspecified atom stereocenters. The van der Waals surface area contributed by atoms with Crippen LogP contribution in [0.1, 0.15) is 45.4 Å². The van der Waals surface area contributed by atoms with Gasteiger partial charge in [-0.1, -0.05) is 37.5 Å². The average Bonchev–Trinajstić information content (AvgIpc) is 2.37. The Morgan fingerprint density at radius 3 is 2.35 bits per heavy atom. The van der Waals surface area contributed by atoms with Gasteiger partial charge in [-0.05, 0) is 25.3 Å². The van der Waals surface area contributed by atoms with Crippen LogP contribution in [0.4, 0.5) is 13.2 Å². The van der Waals surface area contributed by atoms with Crippen LogP contribution in [0.25, 0.3) is 0 Å². The summed E-state index contributed by atoms with van der Waals surface area (Å²) in [5, 5.41) is 10.7. The molecule has 0 aromatic rings. The molecular formula is C15H24F3NO. The van der Waals surface area contributed by atoms with Crippen molar-refractivity contribution in [3.05, 3.63) is 23.8 Å². The van der Waals surface area contributed by atoms with E-state index in [1.54, 1.807) is 13.0 Å². The van der Waals surface area contributed by atoms with E-state index < -0.39 is 18.2 Å². The predicted molar refractivity (Wildman–Crippen MR) is 74.1 cm³/mol. The van der Waals surface area contributed by atoms with Crippen molar-refractivity contribution < 1.29 is 18.3 Å². The van der Waals surface area contributed by atoms with Gasteiger partial charge in [-0.2, -0.15) is 13.2 Å². The number of hydrogen-bond donors (Lipinski definition) is 2. The number of aliphatic hydroxyl groups is 1. The molecule has 0 radical (unpaired) electrons. The lowest BCUT2D eigenvalue weighted by Crippen LogP contribution is -2.44. The fraction of sp³-hybridized carbons (Fsp3) is 0.733. The topological polar surface area (TPSA) is 46.2 Å². The largest absolute Gasteiger partial charge is 0.392 e. The second kappa shape index (κ2) is 7.27. The summed E-state index contributed by atoms with van der Waals surface area (Å²) in [6.45, 7) is 2.01.